The number of rotatable bonds is 21. The highest BCUT2D eigenvalue weighted by atomic mass is 32.2. The van der Waals surface area contributed by atoms with E-state index in [9.17, 15) is 28.2 Å². The Morgan fingerprint density at radius 2 is 1.74 bits per heavy atom. The summed E-state index contributed by atoms with van der Waals surface area (Å²) in [6.07, 6.45) is 18.5. The summed E-state index contributed by atoms with van der Waals surface area (Å²) in [5.41, 5.74) is 3.95. The zero-order chi connectivity index (χ0) is 48.3. The van der Waals surface area contributed by atoms with Crippen LogP contribution in [0.4, 0.5) is 11.5 Å². The first-order valence-electron chi connectivity index (χ1n) is 24.3. The highest BCUT2D eigenvalue weighted by Crippen LogP contribution is 2.53. The molecule has 0 bridgehead atoms. The van der Waals surface area contributed by atoms with E-state index in [-0.39, 0.29) is 48.0 Å². The molecule has 5 amide bonds. The number of anilines is 2. The normalized spacial score (nSPS) is 19.7. The molecule has 4 aromatic heterocycles. The zero-order valence-electron chi connectivity index (χ0n) is 39.3. The number of nitrogens with zero attached hydrogens (tertiary/aromatic N) is 9. The van der Waals surface area contributed by atoms with Gasteiger partial charge in [-0.1, -0.05) is 43.4 Å². The lowest BCUT2D eigenvalue weighted by atomic mass is 10.0. The quantitative estimate of drug-likeness (QED) is 0.0552. The maximum atomic E-state index is 13.3. The van der Waals surface area contributed by atoms with Gasteiger partial charge in [0.2, 0.25) is 17.7 Å². The molecular formula is C49H60N12O7S. The van der Waals surface area contributed by atoms with Crippen molar-refractivity contribution in [3.05, 3.63) is 77.5 Å². The second-order valence-electron chi connectivity index (χ2n) is 18.8. The van der Waals surface area contributed by atoms with E-state index in [1.165, 1.54) is 12.3 Å². The molecule has 4 aliphatic rings. The fraction of sp³-hybridized carbons (Fsp3) is 0.510. The van der Waals surface area contributed by atoms with E-state index in [4.69, 9.17) is 24.5 Å². The molecule has 3 aliphatic heterocycles. The van der Waals surface area contributed by atoms with Gasteiger partial charge in [0, 0.05) is 68.1 Å². The van der Waals surface area contributed by atoms with Crippen LogP contribution in [0, 0.1) is 4.78 Å². The largest absolute Gasteiger partial charge is 0.377 e. The summed E-state index contributed by atoms with van der Waals surface area (Å²) in [6.45, 7) is 5.59. The summed E-state index contributed by atoms with van der Waals surface area (Å²) in [5.74, 6) is -1.30. The van der Waals surface area contributed by atoms with Gasteiger partial charge in [0.15, 0.2) is 5.82 Å². The topological polar surface area (TPSA) is 240 Å². The number of ether oxygens (including phenoxy) is 1. The van der Waals surface area contributed by atoms with Crippen LogP contribution in [0.25, 0.3) is 22.4 Å². The number of amides is 5. The molecular weight excluding hydrogens is 901 g/mol. The van der Waals surface area contributed by atoms with Gasteiger partial charge in [0.05, 0.1) is 68.1 Å². The maximum absolute atomic E-state index is 13.3. The Morgan fingerprint density at radius 3 is 2.51 bits per heavy atom. The molecule has 20 heteroatoms. The lowest BCUT2D eigenvalue weighted by Crippen LogP contribution is -2.54. The van der Waals surface area contributed by atoms with Crippen molar-refractivity contribution in [2.75, 3.05) is 36.2 Å². The molecule has 2 unspecified atom stereocenters. The first kappa shape index (κ1) is 47.6. The molecule has 3 N–H and O–H groups in total. The lowest BCUT2D eigenvalue weighted by molar-refractivity contribution is -0.136. The number of nitrogens with one attached hydrogen (secondary N) is 3. The number of aryl methyl sites for hydroxylation is 3. The summed E-state index contributed by atoms with van der Waals surface area (Å²) >= 11 is 0. The van der Waals surface area contributed by atoms with Gasteiger partial charge in [-0.3, -0.25) is 39.0 Å². The van der Waals surface area contributed by atoms with Crippen molar-refractivity contribution in [2.24, 2.45) is 0 Å². The molecule has 1 aromatic carbocycles. The Hall–Kier alpha value is -6.41. The van der Waals surface area contributed by atoms with E-state index in [2.05, 4.69) is 49.6 Å². The van der Waals surface area contributed by atoms with Crippen molar-refractivity contribution in [2.45, 2.75) is 133 Å². The van der Waals surface area contributed by atoms with Gasteiger partial charge < -0.3 is 19.5 Å². The van der Waals surface area contributed by atoms with Crippen LogP contribution >= 0.6 is 0 Å². The van der Waals surface area contributed by atoms with Gasteiger partial charge in [0.25, 0.3) is 11.8 Å². The number of imide groups is 2. The molecule has 1 saturated carbocycles. The first-order chi connectivity index (χ1) is 33.3. The molecule has 69 heavy (non-hydrogen) atoms. The number of aromatic nitrogens is 7. The number of carbonyl (C=O) groups excluding carboxylic acids is 5. The van der Waals surface area contributed by atoms with Crippen molar-refractivity contribution in [3.63, 3.8) is 0 Å². The summed E-state index contributed by atoms with van der Waals surface area (Å²) in [5, 5.41) is 14.5. The fourth-order valence-electron chi connectivity index (χ4n) is 9.94. The zero-order valence-corrected chi connectivity index (χ0v) is 40.1. The van der Waals surface area contributed by atoms with Crippen LogP contribution in [-0.2, 0) is 53.1 Å². The minimum absolute atomic E-state index is 0.0324. The summed E-state index contributed by atoms with van der Waals surface area (Å²) < 4.78 is 30.9. The monoisotopic (exact) mass is 960 g/mol. The third-order valence-electron chi connectivity index (χ3n) is 14.0. The van der Waals surface area contributed by atoms with Crippen LogP contribution < -0.4 is 15.5 Å². The molecule has 5 aromatic rings. The van der Waals surface area contributed by atoms with Crippen molar-refractivity contribution >= 4 is 61.8 Å². The minimum atomic E-state index is -2.89. The number of hydrogen-bond donors (Lipinski definition) is 3. The van der Waals surface area contributed by atoms with Crippen LogP contribution in [0.5, 0.6) is 0 Å². The van der Waals surface area contributed by atoms with Gasteiger partial charge in [-0.25, -0.2) is 23.8 Å². The smallest absolute Gasteiger partial charge is 0.264 e. The van der Waals surface area contributed by atoms with E-state index in [1.807, 2.05) is 23.0 Å². The van der Waals surface area contributed by atoms with Gasteiger partial charge in [0.1, 0.15) is 17.5 Å². The van der Waals surface area contributed by atoms with Crippen molar-refractivity contribution in [3.8, 4) is 11.4 Å². The van der Waals surface area contributed by atoms with E-state index in [0.29, 0.717) is 50.5 Å². The number of morpholine rings is 1. The maximum Gasteiger partial charge on any atom is 0.264 e. The number of carbonyl (C=O) groups is 5. The van der Waals surface area contributed by atoms with Gasteiger partial charge in [-0.2, -0.15) is 0 Å². The number of hydrogen-bond acceptors (Lipinski definition) is 14. The Bertz CT molecular complexity index is 2890. The molecule has 3 atom stereocenters. The van der Waals surface area contributed by atoms with Crippen LogP contribution in [0.3, 0.4) is 0 Å². The van der Waals surface area contributed by atoms with Gasteiger partial charge in [-0.15, -0.1) is 5.10 Å². The highest BCUT2D eigenvalue weighted by Gasteiger charge is 2.53. The molecule has 0 spiro atoms. The third kappa shape index (κ3) is 10.0. The van der Waals surface area contributed by atoms with Crippen LogP contribution in [-0.4, -0.2) is 111 Å². The van der Waals surface area contributed by atoms with E-state index < -0.39 is 44.1 Å². The number of piperidine rings is 1. The molecule has 9 rings (SSSR count). The van der Waals surface area contributed by atoms with E-state index >= 15 is 0 Å². The third-order valence-corrected chi connectivity index (χ3v) is 16.1. The van der Waals surface area contributed by atoms with Crippen LogP contribution in [0.2, 0.25) is 0 Å². The Labute approximate surface area is 401 Å². The summed E-state index contributed by atoms with van der Waals surface area (Å²) in [4.78, 5) is 81.4. The molecule has 2 saturated heterocycles. The Kier molecular flexibility index (Phi) is 14.0. The number of unbranched alkanes of at least 4 members (excludes halogenated alkanes) is 7. The second-order valence-corrected chi connectivity index (χ2v) is 21.3. The molecule has 19 nitrogen and oxygen atoms in total. The first-order valence-corrected chi connectivity index (χ1v) is 26.2. The molecule has 7 heterocycles. The molecule has 0 radical (unpaired) electrons. The minimum Gasteiger partial charge on any atom is -0.377 e. The predicted molar refractivity (Wildman–Crippen MR) is 258 cm³/mol. The predicted octanol–water partition coefficient (Wildman–Crippen LogP) is 6.16. The van der Waals surface area contributed by atoms with Crippen LogP contribution in [0.1, 0.15) is 129 Å². The van der Waals surface area contributed by atoms with Crippen molar-refractivity contribution in [1.82, 2.24) is 44.7 Å². The van der Waals surface area contributed by atoms with Gasteiger partial charge in [-0.05, 0) is 82.6 Å². The standard InChI is InChI=1S/C49H60N12O7S/c1-32-31-68-28-27-59(32)40-29-39(49(21-22-49)69(2,50)67)54-44(55-40)34-19-23-51-45-35(34)20-26-58(45)24-11-9-13-33-30-52-57-60(33)25-10-7-5-3-4-6-8-16-41(62)53-37-15-12-14-36-43(37)48(66)61(47(36)65)38-17-18-42(63)56-46(38)64/h12,14-15,19-20,23,26,29-30,32,38,50H,3-11,13,16-18,21-22,24-25,27-28,31H2,1-2H3,(H,53,62)(H,56,63,64)/t32-,38?,69?/m1/s1. The average molecular weight is 961 g/mol. The number of pyridine rings is 1. The molecule has 1 aliphatic carbocycles. The van der Waals surface area contributed by atoms with Crippen molar-refractivity contribution < 1.29 is 32.9 Å². The van der Waals surface area contributed by atoms with Crippen LogP contribution in [0.15, 0.2) is 55.0 Å². The number of fused-ring (bicyclic) bond motifs is 2. The Balaban J connectivity index is 0.697. The summed E-state index contributed by atoms with van der Waals surface area (Å²) in [6, 6.07) is 9.68. The van der Waals surface area contributed by atoms with Gasteiger partial charge >= 0.3 is 0 Å². The molecule has 3 fully saturated rings. The fourth-order valence-corrected chi connectivity index (χ4v) is 11.3. The summed E-state index contributed by atoms with van der Waals surface area (Å²) in [7, 11) is -2.89. The average Bonchev–Trinajstić information content (AvgIpc) is 3.79. The van der Waals surface area contributed by atoms with E-state index in [1.54, 1.807) is 18.3 Å². The van der Waals surface area contributed by atoms with Crippen molar-refractivity contribution in [1.29, 1.82) is 4.78 Å². The Morgan fingerprint density at radius 1 is 0.957 bits per heavy atom. The SMILES string of the molecule is C[C@@H]1COCCN1c1cc(C2(S(C)(=N)=O)CC2)nc(-c2ccnc3c2ccn3CCCCc2cnnn2CCCCCCCCCC(=O)Nc2cccc3c2C(=O)N(C2CCC(=O)NC2=O)C3=O)n1. The lowest BCUT2D eigenvalue weighted by Gasteiger charge is -2.35. The molecule has 364 valence electrons. The van der Waals surface area contributed by atoms with E-state index in [0.717, 1.165) is 104 Å². The second kappa shape index (κ2) is 20.3. The number of benzene rings is 1. The highest BCUT2D eigenvalue weighted by molar-refractivity contribution is 7.93.